The number of primary amides is 1. The maximum Gasteiger partial charge on any atom is 0.408 e. The Morgan fingerprint density at radius 3 is 2.49 bits per heavy atom. The van der Waals surface area contributed by atoms with Gasteiger partial charge in [0.25, 0.3) is 5.91 Å². The van der Waals surface area contributed by atoms with Gasteiger partial charge in [-0.1, -0.05) is 59.6 Å². The molecule has 0 radical (unpaired) electrons. The number of thiocarbonyl (C=S) groups is 1. The second kappa shape index (κ2) is 15.7. The molecule has 3 amide bonds. The van der Waals surface area contributed by atoms with Crippen LogP contribution in [0.4, 0.5) is 4.79 Å². The van der Waals surface area contributed by atoms with Gasteiger partial charge in [-0.25, -0.2) is 9.59 Å². The summed E-state index contributed by atoms with van der Waals surface area (Å²) >= 11 is 15.1. The Morgan fingerprint density at radius 2 is 1.84 bits per heavy atom. The molecule has 0 spiro atoms. The minimum absolute atomic E-state index is 0.00305. The van der Waals surface area contributed by atoms with Crippen LogP contribution in [0.2, 0.25) is 5.02 Å². The molecule has 7 rings (SSSR count). The van der Waals surface area contributed by atoms with Crippen molar-refractivity contribution < 1.29 is 28.7 Å². The molecule has 0 unspecified atom stereocenters. The summed E-state index contributed by atoms with van der Waals surface area (Å²) in [7, 11) is 0. The molecule has 13 heteroatoms. The summed E-state index contributed by atoms with van der Waals surface area (Å²) < 4.78 is 11.2. The van der Waals surface area contributed by atoms with Gasteiger partial charge in [-0.15, -0.1) is 11.3 Å². The molecule has 2 heterocycles. The summed E-state index contributed by atoms with van der Waals surface area (Å²) in [5, 5.41) is 2.99. The Kier molecular flexibility index (Phi) is 11.5. The van der Waals surface area contributed by atoms with Crippen LogP contribution in [-0.4, -0.2) is 57.4 Å². The lowest BCUT2D eigenvalue weighted by molar-refractivity contribution is -0.147. The number of nitrogens with one attached hydrogen (secondary N) is 1. The maximum atomic E-state index is 14.0. The van der Waals surface area contributed by atoms with Crippen LogP contribution in [-0.2, 0) is 23.9 Å². The van der Waals surface area contributed by atoms with E-state index in [1.54, 1.807) is 32.1 Å². The van der Waals surface area contributed by atoms with Crippen LogP contribution < -0.4 is 11.1 Å². The predicted molar refractivity (Wildman–Crippen MR) is 205 cm³/mol. The first kappa shape index (κ1) is 37.4. The van der Waals surface area contributed by atoms with E-state index in [9.17, 15) is 19.2 Å². The number of amides is 3. The number of esters is 1. The number of halogens is 1. The Labute approximate surface area is 317 Å². The number of nitrogens with zero attached hydrogens (tertiary/aromatic N) is 1. The third-order valence-electron chi connectivity index (χ3n) is 9.73. The third kappa shape index (κ3) is 9.17. The number of carbonyl (C=O) groups excluding carboxylic acids is 4. The van der Waals surface area contributed by atoms with E-state index in [0.717, 1.165) is 32.7 Å². The zero-order chi connectivity index (χ0) is 36.4. The molecule has 1 aromatic carbocycles. The number of hydrogen-bond acceptors (Lipinski definition) is 9. The standard InChI is InChI=1S/C38H42ClN3O6S3/c1-38(2,3)48-36(46)41-28(19-32(40)43)35(45)47-11-6-4-5-8-24-18-29(23-9-7-10-27(39)17-23)50-30(24)20-31-34(44)42(37(49)51-31)33-25-13-21-12-22(15-25)16-26(33)14-21/h7,9-10,17-18,20-22,25-26,28,33H,4,6,11-16,19H2,1-3H3,(H2,40,43)(H,41,46)/b31-20-/t21?,22?,25?,26?,28-,33?/m0/s1. The van der Waals surface area contributed by atoms with Crippen LogP contribution in [0, 0.1) is 35.5 Å². The topological polar surface area (TPSA) is 128 Å². The molecule has 4 bridgehead atoms. The molecule has 270 valence electrons. The molecule has 3 N–H and O–H groups in total. The SMILES string of the molecule is CC(C)(C)OC(=O)N[C@@H](CC(N)=O)C(=O)OCCCC#Cc1cc(-c2cccc(Cl)c2)sc1/C=C1\SC(=S)N(C2C3CC4CC(C3)CC2C4)C1=O. The van der Waals surface area contributed by atoms with E-state index in [2.05, 4.69) is 17.2 Å². The van der Waals surface area contributed by atoms with Gasteiger partial charge in [-0.2, -0.15) is 0 Å². The summed E-state index contributed by atoms with van der Waals surface area (Å²) in [5.41, 5.74) is 6.22. The molecule has 1 saturated heterocycles. The highest BCUT2D eigenvalue weighted by Crippen LogP contribution is 2.56. The van der Waals surface area contributed by atoms with Gasteiger partial charge in [0, 0.05) is 32.8 Å². The van der Waals surface area contributed by atoms with Gasteiger partial charge in [0.2, 0.25) is 5.91 Å². The molecule has 5 fully saturated rings. The largest absolute Gasteiger partial charge is 0.464 e. The van der Waals surface area contributed by atoms with E-state index < -0.39 is 36.0 Å². The molecule has 4 saturated carbocycles. The first-order valence-corrected chi connectivity index (χ1v) is 19.8. The number of rotatable bonds is 10. The Hall–Kier alpha value is -3.37. The minimum atomic E-state index is -1.27. The zero-order valence-corrected chi connectivity index (χ0v) is 32.1. The first-order chi connectivity index (χ1) is 24.2. The molecule has 9 nitrogen and oxygen atoms in total. The van der Waals surface area contributed by atoms with Gasteiger partial charge in [-0.05, 0) is 113 Å². The highest BCUT2D eigenvalue weighted by Gasteiger charge is 2.53. The van der Waals surface area contributed by atoms with Gasteiger partial charge in [0.1, 0.15) is 16.0 Å². The molecule has 1 atom stereocenters. The highest BCUT2D eigenvalue weighted by molar-refractivity contribution is 8.26. The number of thioether (sulfide) groups is 1. The van der Waals surface area contributed by atoms with Crippen LogP contribution in [0.5, 0.6) is 0 Å². The molecular formula is C38H42ClN3O6S3. The van der Waals surface area contributed by atoms with Gasteiger partial charge >= 0.3 is 12.1 Å². The number of unbranched alkanes of at least 4 members (excludes halogenated alkanes) is 1. The fourth-order valence-corrected chi connectivity index (χ4v) is 10.7. The summed E-state index contributed by atoms with van der Waals surface area (Å²) in [5.74, 6) is 7.56. The molecule has 5 aliphatic rings. The van der Waals surface area contributed by atoms with E-state index in [0.29, 0.717) is 38.9 Å². The number of thiophene rings is 1. The minimum Gasteiger partial charge on any atom is -0.464 e. The van der Waals surface area contributed by atoms with Gasteiger partial charge in [0.05, 0.1) is 17.9 Å². The average molecular weight is 768 g/mol. The summed E-state index contributed by atoms with van der Waals surface area (Å²) in [6, 6.07) is 8.56. The third-order valence-corrected chi connectivity index (χ3v) is 12.4. The Balaban J connectivity index is 1.13. The van der Waals surface area contributed by atoms with Crippen molar-refractivity contribution in [2.24, 2.45) is 29.4 Å². The smallest absolute Gasteiger partial charge is 0.408 e. The molecule has 51 heavy (non-hydrogen) atoms. The molecule has 1 aliphatic heterocycles. The van der Waals surface area contributed by atoms with Crippen LogP contribution in [0.25, 0.3) is 16.5 Å². The zero-order valence-electron chi connectivity index (χ0n) is 28.9. The van der Waals surface area contributed by atoms with Gasteiger partial charge in [0.15, 0.2) is 0 Å². The molecular weight excluding hydrogens is 726 g/mol. The molecule has 4 aliphatic carbocycles. The number of nitrogens with two attached hydrogens (primary N) is 1. The van der Waals surface area contributed by atoms with Crippen LogP contribution >= 0.6 is 46.9 Å². The van der Waals surface area contributed by atoms with Crippen molar-refractivity contribution in [3.8, 4) is 22.3 Å². The quantitative estimate of drug-likeness (QED) is 0.0835. The van der Waals surface area contributed by atoms with Crippen LogP contribution in [0.1, 0.15) is 82.6 Å². The van der Waals surface area contributed by atoms with Crippen molar-refractivity contribution in [3.63, 3.8) is 0 Å². The molecule has 1 aromatic heterocycles. The van der Waals surface area contributed by atoms with Crippen molar-refractivity contribution in [2.75, 3.05) is 6.61 Å². The fraction of sp³-hybridized carbons (Fsp3) is 0.500. The normalized spacial score (nSPS) is 25.1. The molecule has 2 aromatic rings. The lowest BCUT2D eigenvalue weighted by Gasteiger charge is -2.56. The van der Waals surface area contributed by atoms with E-state index in [4.69, 9.17) is 39.0 Å². The lowest BCUT2D eigenvalue weighted by atomic mass is 9.54. The van der Waals surface area contributed by atoms with E-state index in [1.807, 2.05) is 41.3 Å². The van der Waals surface area contributed by atoms with Crippen molar-refractivity contribution in [3.05, 3.63) is 50.7 Å². The predicted octanol–water partition coefficient (Wildman–Crippen LogP) is 7.54. The van der Waals surface area contributed by atoms with Crippen molar-refractivity contribution in [1.29, 1.82) is 0 Å². The average Bonchev–Trinajstić information content (AvgIpc) is 3.56. The number of hydrogen-bond donors (Lipinski definition) is 2. The second-order valence-electron chi connectivity index (χ2n) is 14.8. The summed E-state index contributed by atoms with van der Waals surface area (Å²) in [4.78, 5) is 54.7. The first-order valence-electron chi connectivity index (χ1n) is 17.3. The Morgan fingerprint density at radius 1 is 1.14 bits per heavy atom. The summed E-state index contributed by atoms with van der Waals surface area (Å²) in [6.45, 7) is 5.07. The van der Waals surface area contributed by atoms with Gasteiger partial charge < -0.3 is 20.5 Å². The lowest BCUT2D eigenvalue weighted by Crippen LogP contribution is -2.57. The number of ether oxygens (including phenoxy) is 2. The number of benzene rings is 1. The highest BCUT2D eigenvalue weighted by atomic mass is 35.5. The summed E-state index contributed by atoms with van der Waals surface area (Å²) in [6.07, 6.45) is 7.65. The van der Waals surface area contributed by atoms with Crippen molar-refractivity contribution in [1.82, 2.24) is 10.2 Å². The van der Waals surface area contributed by atoms with Gasteiger partial charge in [-0.3, -0.25) is 14.5 Å². The maximum absolute atomic E-state index is 14.0. The number of carbonyl (C=O) groups is 4. The Bertz CT molecular complexity index is 1790. The van der Waals surface area contributed by atoms with Crippen molar-refractivity contribution in [2.45, 2.75) is 89.8 Å². The van der Waals surface area contributed by atoms with E-state index in [-0.39, 0.29) is 18.6 Å². The number of alkyl carbamates (subject to hydrolysis) is 1. The van der Waals surface area contributed by atoms with Crippen LogP contribution in [0.15, 0.2) is 35.2 Å². The fourth-order valence-electron chi connectivity index (χ4n) is 8.00. The second-order valence-corrected chi connectivity index (χ2v) is 18.0. The van der Waals surface area contributed by atoms with E-state index >= 15 is 0 Å². The van der Waals surface area contributed by atoms with E-state index in [1.165, 1.54) is 43.9 Å². The van der Waals surface area contributed by atoms with Crippen LogP contribution in [0.3, 0.4) is 0 Å². The van der Waals surface area contributed by atoms with Crippen molar-refractivity contribution >= 4 is 81.2 Å². The monoisotopic (exact) mass is 767 g/mol.